The molecule has 1 saturated heterocycles. The van der Waals surface area contributed by atoms with Crippen molar-refractivity contribution in [2.45, 2.75) is 26.8 Å². The van der Waals surface area contributed by atoms with Gasteiger partial charge in [-0.1, -0.05) is 13.8 Å². The summed E-state index contributed by atoms with van der Waals surface area (Å²) >= 11 is 1.36. The average Bonchev–Trinajstić information content (AvgIpc) is 2.85. The van der Waals surface area contributed by atoms with Gasteiger partial charge in [-0.3, -0.25) is 15.0 Å². The molecule has 0 aromatic rings. The SMILES string of the molecule is CCN(CC1COCC1C)C(C)CNC(=C[N+](=O)[O-])SC. The standard InChI is InChI=1S/C14H27N3O3S/c1-5-16(7-13-10-20-9-11(13)2)12(3)6-15-14(21-4)8-17(18)19/h8,11-13,15H,5-7,9-10H2,1-4H3. The maximum atomic E-state index is 10.5. The van der Waals surface area contributed by atoms with Crippen molar-refractivity contribution in [1.82, 2.24) is 10.2 Å². The third-order valence-electron chi connectivity index (χ3n) is 4.03. The van der Waals surface area contributed by atoms with E-state index in [4.69, 9.17) is 4.74 Å². The zero-order valence-electron chi connectivity index (χ0n) is 13.4. The molecule has 1 fully saturated rings. The molecule has 1 N–H and O–H groups in total. The van der Waals surface area contributed by atoms with Gasteiger partial charge in [0.1, 0.15) is 5.03 Å². The molecule has 0 aliphatic carbocycles. The van der Waals surface area contributed by atoms with E-state index in [9.17, 15) is 10.1 Å². The fourth-order valence-electron chi connectivity index (χ4n) is 2.50. The van der Waals surface area contributed by atoms with Gasteiger partial charge in [0.25, 0.3) is 6.20 Å². The third-order valence-corrected chi connectivity index (χ3v) is 4.72. The molecule has 21 heavy (non-hydrogen) atoms. The minimum absolute atomic E-state index is 0.324. The highest BCUT2D eigenvalue weighted by atomic mass is 32.2. The highest BCUT2D eigenvalue weighted by molar-refractivity contribution is 8.02. The van der Waals surface area contributed by atoms with Gasteiger partial charge in [0.2, 0.25) is 0 Å². The summed E-state index contributed by atoms with van der Waals surface area (Å²) in [4.78, 5) is 12.5. The van der Waals surface area contributed by atoms with Gasteiger partial charge in [-0.25, -0.2) is 0 Å². The number of likely N-dealkylation sites (N-methyl/N-ethyl adjacent to an activating group) is 1. The minimum atomic E-state index is -0.418. The smallest absolute Gasteiger partial charge is 0.263 e. The van der Waals surface area contributed by atoms with E-state index < -0.39 is 4.92 Å². The van der Waals surface area contributed by atoms with Gasteiger partial charge in [0.05, 0.1) is 11.5 Å². The average molecular weight is 317 g/mol. The van der Waals surface area contributed by atoms with Crippen LogP contribution in [-0.4, -0.2) is 55.0 Å². The summed E-state index contributed by atoms with van der Waals surface area (Å²) in [6, 6.07) is 0.324. The van der Waals surface area contributed by atoms with Crippen molar-refractivity contribution in [1.29, 1.82) is 0 Å². The molecule has 1 rings (SSSR count). The van der Waals surface area contributed by atoms with E-state index in [2.05, 4.69) is 31.0 Å². The lowest BCUT2D eigenvalue weighted by Gasteiger charge is -2.31. The summed E-state index contributed by atoms with van der Waals surface area (Å²) in [5.74, 6) is 1.19. The van der Waals surface area contributed by atoms with Crippen LogP contribution in [0.5, 0.6) is 0 Å². The Balaban J connectivity index is 2.47. The molecule has 3 unspecified atom stereocenters. The van der Waals surface area contributed by atoms with E-state index in [-0.39, 0.29) is 0 Å². The van der Waals surface area contributed by atoms with Gasteiger partial charge in [0.15, 0.2) is 0 Å². The lowest BCUT2D eigenvalue weighted by molar-refractivity contribution is -0.403. The molecule has 0 spiro atoms. The van der Waals surface area contributed by atoms with Crippen LogP contribution in [0.2, 0.25) is 0 Å². The van der Waals surface area contributed by atoms with Gasteiger partial charge in [-0.2, -0.15) is 0 Å². The first-order valence-corrected chi connectivity index (χ1v) is 8.65. The largest absolute Gasteiger partial charge is 0.381 e. The summed E-state index contributed by atoms with van der Waals surface area (Å²) in [7, 11) is 0. The molecule has 1 heterocycles. The molecule has 0 bridgehead atoms. The van der Waals surface area contributed by atoms with Gasteiger partial charge in [-0.15, -0.1) is 11.8 Å². The number of hydrogen-bond acceptors (Lipinski definition) is 6. The van der Waals surface area contributed by atoms with Crippen LogP contribution < -0.4 is 5.32 Å². The Morgan fingerprint density at radius 3 is 2.81 bits per heavy atom. The summed E-state index contributed by atoms with van der Waals surface area (Å²) in [5, 5.41) is 14.3. The fourth-order valence-corrected chi connectivity index (χ4v) is 2.92. The number of thioether (sulfide) groups is 1. The lowest BCUT2D eigenvalue weighted by atomic mass is 9.97. The zero-order chi connectivity index (χ0) is 15.8. The Bertz CT molecular complexity index is 365. The number of rotatable bonds is 9. The first kappa shape index (κ1) is 18.3. The molecule has 0 amide bonds. The van der Waals surface area contributed by atoms with Crippen LogP contribution in [0.15, 0.2) is 11.2 Å². The molecular weight excluding hydrogens is 290 g/mol. The number of hydrogen-bond donors (Lipinski definition) is 1. The fraction of sp³-hybridized carbons (Fsp3) is 0.857. The monoisotopic (exact) mass is 317 g/mol. The molecule has 3 atom stereocenters. The topological polar surface area (TPSA) is 67.6 Å². The molecule has 6 nitrogen and oxygen atoms in total. The van der Waals surface area contributed by atoms with Gasteiger partial charge in [-0.05, 0) is 31.6 Å². The van der Waals surface area contributed by atoms with E-state index in [1.54, 1.807) is 0 Å². The van der Waals surface area contributed by atoms with Crippen molar-refractivity contribution in [2.75, 3.05) is 39.1 Å². The summed E-state index contributed by atoms with van der Waals surface area (Å²) in [5.41, 5.74) is 0. The predicted octanol–water partition coefficient (Wildman–Crippen LogP) is 2.01. The highest BCUT2D eigenvalue weighted by Gasteiger charge is 2.27. The van der Waals surface area contributed by atoms with E-state index in [1.807, 2.05) is 6.26 Å². The van der Waals surface area contributed by atoms with E-state index in [1.165, 1.54) is 11.8 Å². The van der Waals surface area contributed by atoms with E-state index in [0.717, 1.165) is 32.5 Å². The Labute approximate surface area is 131 Å². The van der Waals surface area contributed by atoms with Crippen LogP contribution in [0.25, 0.3) is 0 Å². The molecule has 0 saturated carbocycles. The van der Waals surface area contributed by atoms with Crippen LogP contribution >= 0.6 is 11.8 Å². The summed E-state index contributed by atoms with van der Waals surface area (Å²) < 4.78 is 5.52. The highest BCUT2D eigenvalue weighted by Crippen LogP contribution is 2.21. The lowest BCUT2D eigenvalue weighted by Crippen LogP contribution is -2.43. The molecule has 122 valence electrons. The molecular formula is C14H27N3O3S. The van der Waals surface area contributed by atoms with Crippen LogP contribution in [0.3, 0.4) is 0 Å². The van der Waals surface area contributed by atoms with Crippen molar-refractivity contribution in [3.8, 4) is 0 Å². The van der Waals surface area contributed by atoms with Crippen molar-refractivity contribution >= 4 is 11.8 Å². The molecule has 7 heteroatoms. The zero-order valence-corrected chi connectivity index (χ0v) is 14.2. The first-order chi connectivity index (χ1) is 9.97. The van der Waals surface area contributed by atoms with Crippen LogP contribution in [0.4, 0.5) is 0 Å². The second-order valence-corrected chi connectivity index (χ2v) is 6.42. The van der Waals surface area contributed by atoms with Crippen molar-refractivity contribution in [3.05, 3.63) is 21.3 Å². The maximum Gasteiger partial charge on any atom is 0.263 e. The molecule has 0 aromatic carbocycles. The Kier molecular flexibility index (Phi) is 8.06. The first-order valence-electron chi connectivity index (χ1n) is 7.42. The molecule has 1 aliphatic heterocycles. The van der Waals surface area contributed by atoms with Gasteiger partial charge in [0, 0.05) is 25.7 Å². The second kappa shape index (κ2) is 9.27. The van der Waals surface area contributed by atoms with Crippen LogP contribution in [0, 0.1) is 22.0 Å². The Hall–Kier alpha value is -0.790. The quantitative estimate of drug-likeness (QED) is 0.518. The number of nitrogens with zero attached hydrogens (tertiary/aromatic N) is 2. The number of nitrogens with one attached hydrogen (secondary N) is 1. The summed E-state index contributed by atoms with van der Waals surface area (Å²) in [6.45, 7) is 10.9. The third kappa shape index (κ3) is 6.23. The van der Waals surface area contributed by atoms with Crippen molar-refractivity contribution in [2.24, 2.45) is 11.8 Å². The summed E-state index contributed by atoms with van der Waals surface area (Å²) in [6.07, 6.45) is 2.86. The maximum absolute atomic E-state index is 10.5. The van der Waals surface area contributed by atoms with Gasteiger partial charge >= 0.3 is 0 Å². The molecule has 0 aromatic heterocycles. The molecule has 0 radical (unpaired) electrons. The van der Waals surface area contributed by atoms with Crippen LogP contribution in [0.1, 0.15) is 20.8 Å². The molecule has 1 aliphatic rings. The van der Waals surface area contributed by atoms with Crippen molar-refractivity contribution < 1.29 is 9.66 Å². The van der Waals surface area contributed by atoms with Crippen LogP contribution in [-0.2, 0) is 4.74 Å². The van der Waals surface area contributed by atoms with Gasteiger partial charge < -0.3 is 10.1 Å². The van der Waals surface area contributed by atoms with Crippen molar-refractivity contribution in [3.63, 3.8) is 0 Å². The minimum Gasteiger partial charge on any atom is -0.381 e. The number of nitro groups is 1. The van der Waals surface area contributed by atoms with E-state index >= 15 is 0 Å². The second-order valence-electron chi connectivity index (χ2n) is 5.58. The van der Waals surface area contributed by atoms with E-state index in [0.29, 0.717) is 29.5 Å². The Morgan fingerprint density at radius 2 is 2.33 bits per heavy atom. The Morgan fingerprint density at radius 1 is 1.62 bits per heavy atom. The number of ether oxygens (including phenoxy) is 1. The normalized spacial score (nSPS) is 24.3. The predicted molar refractivity (Wildman–Crippen MR) is 86.8 cm³/mol.